The molecule has 0 saturated carbocycles. The second kappa shape index (κ2) is 11.2. The number of nitrogens with one attached hydrogen (secondary N) is 1. The first-order chi connectivity index (χ1) is 12.7. The highest BCUT2D eigenvalue weighted by molar-refractivity contribution is 14.0. The van der Waals surface area contributed by atoms with Crippen LogP contribution in [0.4, 0.5) is 0 Å². The first-order valence-corrected chi connectivity index (χ1v) is 10.3. The van der Waals surface area contributed by atoms with E-state index in [0.717, 1.165) is 51.6 Å². The molecule has 2 heterocycles. The third-order valence-electron chi connectivity index (χ3n) is 5.75. The van der Waals surface area contributed by atoms with E-state index in [-0.39, 0.29) is 24.0 Å². The Balaban J connectivity index is 0.00000261. The van der Waals surface area contributed by atoms with Crippen molar-refractivity contribution in [2.75, 3.05) is 52.4 Å². The van der Waals surface area contributed by atoms with E-state index >= 15 is 0 Å². The van der Waals surface area contributed by atoms with Crippen molar-refractivity contribution >= 4 is 29.9 Å². The fourth-order valence-corrected chi connectivity index (χ4v) is 3.96. The molecule has 1 fully saturated rings. The fraction of sp³-hybridized carbons (Fsp3) is 0.667. The zero-order valence-electron chi connectivity index (χ0n) is 17.2. The van der Waals surface area contributed by atoms with Crippen LogP contribution in [0.2, 0.25) is 0 Å². The van der Waals surface area contributed by atoms with Crippen molar-refractivity contribution in [1.82, 2.24) is 20.0 Å². The largest absolute Gasteiger partial charge is 0.357 e. The molecule has 0 amide bonds. The molecule has 5 nitrogen and oxygen atoms in total. The van der Waals surface area contributed by atoms with Gasteiger partial charge in [0.2, 0.25) is 0 Å². The molecule has 2 aliphatic heterocycles. The Labute approximate surface area is 182 Å². The number of likely N-dealkylation sites (N-methyl/N-ethyl adjacent to an activating group) is 1. The molecule has 1 atom stereocenters. The summed E-state index contributed by atoms with van der Waals surface area (Å²) < 4.78 is 0. The van der Waals surface area contributed by atoms with Gasteiger partial charge in [-0.05, 0) is 37.9 Å². The second-order valence-corrected chi connectivity index (χ2v) is 7.45. The van der Waals surface area contributed by atoms with E-state index in [1.165, 1.54) is 30.8 Å². The molecule has 1 unspecified atom stereocenters. The summed E-state index contributed by atoms with van der Waals surface area (Å²) in [7, 11) is 0. The maximum absolute atomic E-state index is 5.00. The van der Waals surface area contributed by atoms with Crippen LogP contribution >= 0.6 is 24.0 Å². The number of halogens is 1. The molecule has 1 N–H and O–H groups in total. The number of hydrogen-bond acceptors (Lipinski definition) is 3. The van der Waals surface area contributed by atoms with Gasteiger partial charge in [-0.25, -0.2) is 0 Å². The Bertz CT molecular complexity index is 598. The van der Waals surface area contributed by atoms with Gasteiger partial charge in [0.05, 0.1) is 6.54 Å². The van der Waals surface area contributed by atoms with Crippen LogP contribution in [0.3, 0.4) is 0 Å². The van der Waals surface area contributed by atoms with Crippen molar-refractivity contribution in [3.63, 3.8) is 0 Å². The van der Waals surface area contributed by atoms with E-state index in [2.05, 4.69) is 65.1 Å². The summed E-state index contributed by atoms with van der Waals surface area (Å²) in [5.41, 5.74) is 2.93. The number of aliphatic imine (C=N–C) groups is 1. The van der Waals surface area contributed by atoms with Crippen LogP contribution in [0.5, 0.6) is 0 Å². The van der Waals surface area contributed by atoms with Crippen molar-refractivity contribution in [3.05, 3.63) is 35.4 Å². The summed E-state index contributed by atoms with van der Waals surface area (Å²) in [5.74, 6) is 1.07. The molecule has 1 saturated heterocycles. The standard InChI is InChI=1S/C21H35N5.HI/c1-4-22-21(26-11-10-19-8-6-7-9-20(19)17-26)23-16-18(3)25-14-12-24(5-2)13-15-25;/h6-9,18H,4-5,10-17H2,1-3H3,(H,22,23);1H. The maximum Gasteiger partial charge on any atom is 0.194 e. The Kier molecular flexibility index (Phi) is 9.32. The normalized spacial score (nSPS) is 20.0. The van der Waals surface area contributed by atoms with Gasteiger partial charge in [0.25, 0.3) is 0 Å². The average molecular weight is 485 g/mol. The summed E-state index contributed by atoms with van der Waals surface area (Å²) in [6.45, 7) is 16.4. The molecule has 1 aromatic carbocycles. The summed E-state index contributed by atoms with van der Waals surface area (Å²) in [6.07, 6.45) is 1.11. The molecule has 0 aromatic heterocycles. The lowest BCUT2D eigenvalue weighted by Gasteiger charge is -2.37. The van der Waals surface area contributed by atoms with Crippen LogP contribution in [0.15, 0.2) is 29.3 Å². The first-order valence-electron chi connectivity index (χ1n) is 10.3. The van der Waals surface area contributed by atoms with E-state index in [0.29, 0.717) is 6.04 Å². The molecule has 0 radical (unpaired) electrons. The monoisotopic (exact) mass is 485 g/mol. The molecule has 0 spiro atoms. The van der Waals surface area contributed by atoms with E-state index in [1.54, 1.807) is 0 Å². The zero-order valence-corrected chi connectivity index (χ0v) is 19.5. The minimum Gasteiger partial charge on any atom is -0.357 e. The predicted molar refractivity (Wildman–Crippen MR) is 125 cm³/mol. The lowest BCUT2D eigenvalue weighted by molar-refractivity contribution is 0.109. The lowest BCUT2D eigenvalue weighted by atomic mass is 10.0. The molecule has 6 heteroatoms. The molecule has 0 bridgehead atoms. The van der Waals surface area contributed by atoms with Crippen LogP contribution in [0.25, 0.3) is 0 Å². The number of nitrogens with zero attached hydrogens (tertiary/aromatic N) is 4. The average Bonchev–Trinajstić information content (AvgIpc) is 2.70. The minimum atomic E-state index is 0. The Hall–Kier alpha value is -0.860. The topological polar surface area (TPSA) is 34.1 Å². The number of guanidine groups is 1. The number of rotatable bonds is 5. The SMILES string of the molecule is CCNC(=NCC(C)N1CCN(CC)CC1)N1CCc2ccccc2C1.I. The van der Waals surface area contributed by atoms with Crippen molar-refractivity contribution in [2.24, 2.45) is 4.99 Å². The summed E-state index contributed by atoms with van der Waals surface area (Å²) >= 11 is 0. The highest BCUT2D eigenvalue weighted by atomic mass is 127. The Morgan fingerprint density at radius 1 is 1.07 bits per heavy atom. The highest BCUT2D eigenvalue weighted by Gasteiger charge is 2.22. The third kappa shape index (κ3) is 6.06. The first kappa shape index (κ1) is 22.4. The Morgan fingerprint density at radius 2 is 1.78 bits per heavy atom. The van der Waals surface area contributed by atoms with Crippen LogP contribution < -0.4 is 5.32 Å². The van der Waals surface area contributed by atoms with Crippen LogP contribution in [-0.4, -0.2) is 79.1 Å². The third-order valence-corrected chi connectivity index (χ3v) is 5.75. The summed E-state index contributed by atoms with van der Waals surface area (Å²) in [5, 5.41) is 3.51. The maximum atomic E-state index is 5.00. The van der Waals surface area contributed by atoms with Gasteiger partial charge in [0.1, 0.15) is 0 Å². The van der Waals surface area contributed by atoms with Crippen molar-refractivity contribution in [1.29, 1.82) is 0 Å². The smallest absolute Gasteiger partial charge is 0.194 e. The van der Waals surface area contributed by atoms with Crippen LogP contribution in [0.1, 0.15) is 31.9 Å². The quantitative estimate of drug-likeness (QED) is 0.395. The molecule has 0 aliphatic carbocycles. The molecular formula is C21H36IN5. The van der Waals surface area contributed by atoms with Gasteiger partial charge >= 0.3 is 0 Å². The van der Waals surface area contributed by atoms with Gasteiger partial charge in [-0.15, -0.1) is 24.0 Å². The van der Waals surface area contributed by atoms with Crippen LogP contribution in [-0.2, 0) is 13.0 Å². The van der Waals surface area contributed by atoms with Gasteiger partial charge in [0, 0.05) is 51.9 Å². The van der Waals surface area contributed by atoms with E-state index < -0.39 is 0 Å². The lowest BCUT2D eigenvalue weighted by Crippen LogP contribution is -2.50. The second-order valence-electron chi connectivity index (χ2n) is 7.45. The summed E-state index contributed by atoms with van der Waals surface area (Å²) in [6, 6.07) is 9.30. The molecular weight excluding hydrogens is 449 g/mol. The molecule has 2 aliphatic rings. The van der Waals surface area contributed by atoms with Gasteiger partial charge in [-0.3, -0.25) is 9.89 Å². The van der Waals surface area contributed by atoms with Gasteiger partial charge in [-0.1, -0.05) is 31.2 Å². The fourth-order valence-electron chi connectivity index (χ4n) is 3.96. The summed E-state index contributed by atoms with van der Waals surface area (Å²) in [4.78, 5) is 12.5. The van der Waals surface area contributed by atoms with Crippen molar-refractivity contribution in [3.8, 4) is 0 Å². The van der Waals surface area contributed by atoms with Crippen LogP contribution in [0, 0.1) is 0 Å². The van der Waals surface area contributed by atoms with E-state index in [9.17, 15) is 0 Å². The molecule has 1 aromatic rings. The number of benzene rings is 1. The van der Waals surface area contributed by atoms with Gasteiger partial charge in [-0.2, -0.15) is 0 Å². The highest BCUT2D eigenvalue weighted by Crippen LogP contribution is 2.18. The zero-order chi connectivity index (χ0) is 18.4. The van der Waals surface area contributed by atoms with Crippen molar-refractivity contribution in [2.45, 2.75) is 39.8 Å². The van der Waals surface area contributed by atoms with Crippen molar-refractivity contribution < 1.29 is 0 Å². The number of hydrogen-bond donors (Lipinski definition) is 1. The molecule has 27 heavy (non-hydrogen) atoms. The number of fused-ring (bicyclic) bond motifs is 1. The van der Waals surface area contributed by atoms with E-state index in [4.69, 9.17) is 4.99 Å². The Morgan fingerprint density at radius 3 is 2.44 bits per heavy atom. The van der Waals surface area contributed by atoms with E-state index in [1.807, 2.05) is 0 Å². The molecule has 3 rings (SSSR count). The number of piperazine rings is 1. The van der Waals surface area contributed by atoms with Gasteiger partial charge in [0.15, 0.2) is 5.96 Å². The van der Waals surface area contributed by atoms with Gasteiger partial charge < -0.3 is 15.1 Å². The minimum absolute atomic E-state index is 0. The molecule has 152 valence electrons. The predicted octanol–water partition coefficient (Wildman–Crippen LogP) is 2.65.